The highest BCUT2D eigenvalue weighted by Crippen LogP contribution is 2.43. The van der Waals surface area contributed by atoms with E-state index in [1.165, 1.54) is 0 Å². The molecule has 8 heteroatoms. The number of pyridine rings is 1. The van der Waals surface area contributed by atoms with Gasteiger partial charge in [-0.1, -0.05) is 6.07 Å². The minimum absolute atomic E-state index is 0.0317. The minimum Gasteiger partial charge on any atom is -0.341 e. The molecule has 0 radical (unpaired) electrons. The molecule has 0 spiro atoms. The number of aryl methyl sites for hydroxylation is 1. The average Bonchev–Trinajstić information content (AvgIpc) is 3.22. The third kappa shape index (κ3) is 4.05. The number of hydrogen-bond donors (Lipinski definition) is 0. The van der Waals surface area contributed by atoms with Crippen molar-refractivity contribution in [3.05, 3.63) is 53.9 Å². The van der Waals surface area contributed by atoms with Crippen LogP contribution >= 0.6 is 0 Å². The molecule has 2 aromatic heterocycles. The molecule has 4 rings (SSSR count). The van der Waals surface area contributed by atoms with Crippen LogP contribution in [0.25, 0.3) is 0 Å². The van der Waals surface area contributed by atoms with E-state index in [4.69, 9.17) is 0 Å². The third-order valence-corrected chi connectivity index (χ3v) is 6.14. The van der Waals surface area contributed by atoms with Crippen molar-refractivity contribution in [2.45, 2.75) is 13.3 Å². The molecular weight excluding hydrogens is 380 g/mol. The lowest BCUT2D eigenvalue weighted by molar-refractivity contribution is -0.130. The molecule has 2 fully saturated rings. The highest BCUT2D eigenvalue weighted by Gasteiger charge is 2.54. The molecule has 0 unspecified atom stereocenters. The Hall–Kier alpha value is -2.87. The van der Waals surface area contributed by atoms with E-state index in [2.05, 4.69) is 19.9 Å². The quantitative estimate of drug-likeness (QED) is 0.731. The van der Waals surface area contributed by atoms with Crippen LogP contribution in [0.4, 0.5) is 0 Å². The maximum Gasteiger partial charge on any atom is 0.257 e. The van der Waals surface area contributed by atoms with Crippen LogP contribution in [0.2, 0.25) is 0 Å². The van der Waals surface area contributed by atoms with Crippen LogP contribution < -0.4 is 0 Å². The van der Waals surface area contributed by atoms with E-state index in [0.717, 1.165) is 12.1 Å². The fourth-order valence-corrected chi connectivity index (χ4v) is 4.85. The van der Waals surface area contributed by atoms with Crippen LogP contribution in [0.1, 0.15) is 21.7 Å². The number of likely N-dealkylation sites (tertiary alicyclic amines) is 2. The molecule has 2 atom stereocenters. The number of amides is 2. The third-order valence-electron chi connectivity index (χ3n) is 6.14. The largest absolute Gasteiger partial charge is 0.341 e. The number of carbonyl (C=O) groups is 2. The second-order valence-corrected chi connectivity index (χ2v) is 8.81. The molecule has 0 aromatic carbocycles. The lowest BCUT2D eigenvalue weighted by Crippen LogP contribution is -2.44. The molecule has 30 heavy (non-hydrogen) atoms. The molecule has 4 heterocycles. The number of hydrogen-bond acceptors (Lipinski definition) is 6. The van der Waals surface area contributed by atoms with Crippen molar-refractivity contribution in [1.82, 2.24) is 29.7 Å². The monoisotopic (exact) mass is 408 g/mol. The zero-order chi connectivity index (χ0) is 21.3. The van der Waals surface area contributed by atoms with Crippen molar-refractivity contribution >= 4 is 11.8 Å². The Balaban J connectivity index is 1.48. The van der Waals surface area contributed by atoms with Crippen molar-refractivity contribution in [3.63, 3.8) is 0 Å². The van der Waals surface area contributed by atoms with Gasteiger partial charge in [-0.05, 0) is 32.6 Å². The maximum atomic E-state index is 13.0. The molecule has 2 amide bonds. The van der Waals surface area contributed by atoms with Gasteiger partial charge in [0.15, 0.2) is 0 Å². The SMILES string of the molecule is Cc1ncc(C(=O)N2C[C@@H]3CN(C(=O)Cc4cccnc4)C[C@]3(CN(C)C)C2)cn1. The van der Waals surface area contributed by atoms with Crippen LogP contribution in [-0.2, 0) is 11.2 Å². The Labute approximate surface area is 176 Å². The Kier molecular flexibility index (Phi) is 5.51. The lowest BCUT2D eigenvalue weighted by atomic mass is 9.80. The van der Waals surface area contributed by atoms with Gasteiger partial charge >= 0.3 is 0 Å². The van der Waals surface area contributed by atoms with E-state index < -0.39 is 0 Å². The van der Waals surface area contributed by atoms with Crippen LogP contribution in [0.15, 0.2) is 36.9 Å². The smallest absolute Gasteiger partial charge is 0.257 e. The summed E-state index contributed by atoms with van der Waals surface area (Å²) in [6.07, 6.45) is 7.02. The zero-order valence-electron chi connectivity index (χ0n) is 17.8. The van der Waals surface area contributed by atoms with Gasteiger partial charge in [-0.25, -0.2) is 9.97 Å². The second-order valence-electron chi connectivity index (χ2n) is 8.81. The molecule has 0 N–H and O–H groups in total. The predicted molar refractivity (Wildman–Crippen MR) is 112 cm³/mol. The highest BCUT2D eigenvalue weighted by molar-refractivity contribution is 5.94. The molecule has 2 aromatic rings. The number of fused-ring (bicyclic) bond motifs is 1. The number of carbonyl (C=O) groups excluding carboxylic acids is 2. The van der Waals surface area contributed by atoms with Crippen LogP contribution in [0.5, 0.6) is 0 Å². The van der Waals surface area contributed by atoms with Crippen molar-refractivity contribution in [2.24, 2.45) is 11.3 Å². The van der Waals surface area contributed by atoms with Crippen LogP contribution in [0, 0.1) is 18.3 Å². The zero-order valence-corrected chi connectivity index (χ0v) is 17.8. The second kappa shape index (κ2) is 8.10. The fraction of sp³-hybridized carbons (Fsp3) is 0.500. The summed E-state index contributed by atoms with van der Waals surface area (Å²) in [6, 6.07) is 3.79. The summed E-state index contributed by atoms with van der Waals surface area (Å²) in [5.41, 5.74) is 1.33. The predicted octanol–water partition coefficient (Wildman–Crippen LogP) is 0.885. The lowest BCUT2D eigenvalue weighted by Gasteiger charge is -2.32. The van der Waals surface area contributed by atoms with Crippen LogP contribution in [0.3, 0.4) is 0 Å². The van der Waals surface area contributed by atoms with Gasteiger partial charge < -0.3 is 14.7 Å². The van der Waals surface area contributed by atoms with Gasteiger partial charge in [0.2, 0.25) is 5.91 Å². The van der Waals surface area contributed by atoms with Gasteiger partial charge in [-0.3, -0.25) is 14.6 Å². The molecule has 8 nitrogen and oxygen atoms in total. The molecule has 0 saturated carbocycles. The van der Waals surface area contributed by atoms with E-state index in [1.807, 2.05) is 36.0 Å². The number of nitrogens with zero attached hydrogens (tertiary/aromatic N) is 6. The summed E-state index contributed by atoms with van der Waals surface area (Å²) in [5.74, 6) is 1.00. The van der Waals surface area contributed by atoms with Crippen molar-refractivity contribution in [2.75, 3.05) is 46.8 Å². The Morgan fingerprint density at radius 1 is 1.13 bits per heavy atom. The molecular formula is C22H28N6O2. The van der Waals surface area contributed by atoms with Gasteiger partial charge in [0, 0.05) is 68.8 Å². The molecule has 0 bridgehead atoms. The average molecular weight is 409 g/mol. The van der Waals surface area contributed by atoms with E-state index in [9.17, 15) is 9.59 Å². The number of aromatic nitrogens is 3. The Morgan fingerprint density at radius 3 is 2.50 bits per heavy atom. The summed E-state index contributed by atoms with van der Waals surface area (Å²) < 4.78 is 0. The molecule has 2 aliphatic rings. The first-order chi connectivity index (χ1) is 14.4. The standard InChI is InChI=1S/C22H28N6O2/c1-16-24-9-18(10-25-16)21(30)28-12-19-11-27(14-22(19,15-28)13-26(2)3)20(29)7-17-5-4-6-23-8-17/h4-6,8-10,19H,7,11-15H2,1-3H3/t19-,22+/m0/s1. The summed E-state index contributed by atoms with van der Waals surface area (Å²) in [7, 11) is 4.09. The summed E-state index contributed by atoms with van der Waals surface area (Å²) >= 11 is 0. The molecule has 2 aliphatic heterocycles. The van der Waals surface area contributed by atoms with Gasteiger partial charge in [0.25, 0.3) is 5.91 Å². The normalized spacial score (nSPS) is 23.1. The van der Waals surface area contributed by atoms with Gasteiger partial charge in [-0.15, -0.1) is 0 Å². The van der Waals surface area contributed by atoms with Gasteiger partial charge in [-0.2, -0.15) is 0 Å². The minimum atomic E-state index is -0.116. The fourth-order valence-electron chi connectivity index (χ4n) is 4.85. The highest BCUT2D eigenvalue weighted by atomic mass is 16.2. The molecule has 2 saturated heterocycles. The van der Waals surface area contributed by atoms with Gasteiger partial charge in [0.05, 0.1) is 12.0 Å². The van der Waals surface area contributed by atoms with E-state index in [0.29, 0.717) is 44.0 Å². The van der Waals surface area contributed by atoms with Crippen molar-refractivity contribution in [3.8, 4) is 0 Å². The molecule has 158 valence electrons. The number of rotatable bonds is 5. The van der Waals surface area contributed by atoms with Crippen molar-refractivity contribution < 1.29 is 9.59 Å². The topological polar surface area (TPSA) is 82.5 Å². The molecule has 0 aliphatic carbocycles. The van der Waals surface area contributed by atoms with E-state index >= 15 is 0 Å². The van der Waals surface area contributed by atoms with Crippen LogP contribution in [-0.4, -0.2) is 88.3 Å². The maximum absolute atomic E-state index is 13.0. The summed E-state index contributed by atoms with van der Waals surface area (Å²) in [5, 5.41) is 0. The first kappa shape index (κ1) is 20.4. The van der Waals surface area contributed by atoms with Gasteiger partial charge in [0.1, 0.15) is 5.82 Å². The Morgan fingerprint density at radius 2 is 1.83 bits per heavy atom. The van der Waals surface area contributed by atoms with E-state index in [1.54, 1.807) is 31.7 Å². The first-order valence-corrected chi connectivity index (χ1v) is 10.3. The first-order valence-electron chi connectivity index (χ1n) is 10.3. The summed E-state index contributed by atoms with van der Waals surface area (Å²) in [6.45, 7) is 5.28. The van der Waals surface area contributed by atoms with Crippen molar-refractivity contribution in [1.29, 1.82) is 0 Å². The van der Waals surface area contributed by atoms with E-state index in [-0.39, 0.29) is 23.1 Å². The summed E-state index contributed by atoms with van der Waals surface area (Å²) in [4.78, 5) is 44.4. The Bertz CT molecular complexity index is 917.